The molecule has 5 N–H and O–H groups in total. The van der Waals surface area contributed by atoms with Crippen molar-refractivity contribution < 1.29 is 18.0 Å². The Morgan fingerprint density at radius 2 is 2.00 bits per heavy atom. The second-order valence-electron chi connectivity index (χ2n) is 8.38. The summed E-state index contributed by atoms with van der Waals surface area (Å²) in [6.07, 6.45) is -3.15. The number of aryl methyl sites for hydroxylation is 1. The van der Waals surface area contributed by atoms with Gasteiger partial charge in [-0.3, -0.25) is 4.79 Å². The van der Waals surface area contributed by atoms with Crippen molar-refractivity contribution >= 4 is 50.5 Å². The average Bonchev–Trinajstić information content (AvgIpc) is 3.39. The number of nitrogens with two attached hydrogens (primary N) is 2. The number of nitrogens with zero attached hydrogens (tertiary/aromatic N) is 2. The van der Waals surface area contributed by atoms with Gasteiger partial charge in [-0.1, -0.05) is 42.5 Å². The fourth-order valence-electron chi connectivity index (χ4n) is 3.98. The minimum Gasteiger partial charge on any atom is -0.389 e. The second-order valence-corrected chi connectivity index (χ2v) is 9.71. The maximum Gasteiger partial charge on any atom is 0.389 e. The summed E-state index contributed by atoms with van der Waals surface area (Å²) in [7, 11) is 0. The van der Waals surface area contributed by atoms with E-state index in [9.17, 15) is 18.0 Å². The molecule has 6 nitrogen and oxygen atoms in total. The van der Waals surface area contributed by atoms with Gasteiger partial charge >= 0.3 is 6.18 Å². The van der Waals surface area contributed by atoms with E-state index in [0.717, 1.165) is 27.6 Å². The van der Waals surface area contributed by atoms with Crippen molar-refractivity contribution in [3.8, 4) is 11.1 Å². The van der Waals surface area contributed by atoms with Crippen LogP contribution in [0, 0.1) is 0 Å². The van der Waals surface area contributed by atoms with Crippen LogP contribution in [0.4, 0.5) is 18.3 Å². The quantitative estimate of drug-likeness (QED) is 0.259. The fourth-order valence-corrected chi connectivity index (χ4v) is 4.67. The Bertz CT molecular complexity index is 1410. The van der Waals surface area contributed by atoms with E-state index in [2.05, 4.69) is 10.3 Å². The molecule has 0 unspecified atom stereocenters. The number of hydrogen-bond acceptors (Lipinski definition) is 5. The highest BCUT2D eigenvalue weighted by Crippen LogP contribution is 2.33. The van der Waals surface area contributed by atoms with Crippen LogP contribution in [-0.2, 0) is 24.3 Å². The van der Waals surface area contributed by atoms with Crippen LogP contribution in [0.1, 0.15) is 29.7 Å². The number of fused-ring (bicyclic) bond motifs is 1. The van der Waals surface area contributed by atoms with E-state index in [1.54, 1.807) is 5.38 Å². The molecule has 0 aliphatic rings. The van der Waals surface area contributed by atoms with Crippen molar-refractivity contribution in [2.45, 2.75) is 38.5 Å². The van der Waals surface area contributed by atoms with Crippen molar-refractivity contribution in [1.29, 1.82) is 0 Å². The largest absolute Gasteiger partial charge is 0.389 e. The Labute approximate surface area is 215 Å². The number of thiazole rings is 1. The molecule has 1 amide bonds. The molecule has 0 fully saturated rings. The topological polar surface area (TPSA) is 99.0 Å². The zero-order chi connectivity index (χ0) is 25.9. The summed E-state index contributed by atoms with van der Waals surface area (Å²) in [6.45, 7) is 0.473. The van der Waals surface area contributed by atoms with Crippen LogP contribution in [0.5, 0.6) is 0 Å². The van der Waals surface area contributed by atoms with E-state index in [1.807, 2.05) is 53.2 Å². The first-order valence-corrected chi connectivity index (χ1v) is 12.4. The van der Waals surface area contributed by atoms with Crippen LogP contribution in [-0.4, -0.2) is 26.6 Å². The molecule has 188 valence electrons. The SMILES string of the molecule is NC(=S)c1cccc(-c2cn(CCCC(F)(F)F)c3cc(CNC(=O)Cc4csc(N)n4)ccc23)c1. The number of carbonyl (C=O) groups is 1. The van der Waals surface area contributed by atoms with Gasteiger partial charge in [0.1, 0.15) is 4.99 Å². The van der Waals surface area contributed by atoms with Gasteiger partial charge in [-0.2, -0.15) is 13.2 Å². The zero-order valence-electron chi connectivity index (χ0n) is 19.1. The van der Waals surface area contributed by atoms with Crippen molar-refractivity contribution in [2.75, 3.05) is 5.73 Å². The summed E-state index contributed by atoms with van der Waals surface area (Å²) in [5.74, 6) is -0.198. The summed E-state index contributed by atoms with van der Waals surface area (Å²) < 4.78 is 40.2. The Morgan fingerprint density at radius 3 is 2.69 bits per heavy atom. The molecule has 0 bridgehead atoms. The van der Waals surface area contributed by atoms with Crippen LogP contribution < -0.4 is 16.8 Å². The second kappa shape index (κ2) is 10.7. The lowest BCUT2D eigenvalue weighted by Crippen LogP contribution is -2.24. The predicted molar refractivity (Wildman–Crippen MR) is 141 cm³/mol. The first kappa shape index (κ1) is 25.6. The fraction of sp³-hybridized carbons (Fsp3) is 0.240. The van der Waals surface area contributed by atoms with Gasteiger partial charge in [0, 0.05) is 53.1 Å². The smallest absolute Gasteiger partial charge is 0.389 e. The van der Waals surface area contributed by atoms with Crippen molar-refractivity contribution in [2.24, 2.45) is 5.73 Å². The normalized spacial score (nSPS) is 11.6. The summed E-state index contributed by atoms with van der Waals surface area (Å²) in [4.78, 5) is 16.7. The lowest BCUT2D eigenvalue weighted by Gasteiger charge is -2.09. The number of anilines is 1. The number of hydrogen-bond donors (Lipinski definition) is 3. The molecule has 2 aromatic carbocycles. The molecule has 11 heteroatoms. The maximum absolute atomic E-state index is 12.8. The molecule has 36 heavy (non-hydrogen) atoms. The standard InChI is InChI=1S/C25H24F3N5OS2/c26-25(27,28)7-2-8-33-13-20(16-3-1-4-17(10-16)23(29)35)19-6-5-15(9-21(19)33)12-31-22(34)11-18-14-36-24(30)32-18/h1,3-6,9-10,13-14H,2,7-8,11-12H2,(H2,29,35)(H2,30,32)(H,31,34). The molecule has 0 atom stereocenters. The molecule has 0 radical (unpaired) electrons. The monoisotopic (exact) mass is 531 g/mol. The van der Waals surface area contributed by atoms with Crippen LogP contribution in [0.3, 0.4) is 0 Å². The van der Waals surface area contributed by atoms with Gasteiger partial charge in [-0.25, -0.2) is 4.98 Å². The molecular formula is C25H24F3N5OS2. The van der Waals surface area contributed by atoms with E-state index in [-0.39, 0.29) is 36.8 Å². The third kappa shape index (κ3) is 6.41. The van der Waals surface area contributed by atoms with E-state index in [1.165, 1.54) is 11.3 Å². The number of halogens is 3. The number of amides is 1. The first-order valence-electron chi connectivity index (χ1n) is 11.1. The third-order valence-electron chi connectivity index (χ3n) is 5.66. The van der Waals surface area contributed by atoms with E-state index in [0.29, 0.717) is 16.4 Å². The van der Waals surface area contributed by atoms with Gasteiger partial charge in [0.25, 0.3) is 0 Å². The number of carbonyl (C=O) groups excluding carboxylic acids is 1. The number of nitrogen functional groups attached to an aromatic ring is 1. The van der Waals surface area contributed by atoms with Gasteiger partial charge in [0.15, 0.2) is 5.13 Å². The Morgan fingerprint density at radius 1 is 1.19 bits per heavy atom. The Kier molecular flexibility index (Phi) is 7.60. The highest BCUT2D eigenvalue weighted by atomic mass is 32.1. The molecule has 2 heterocycles. The van der Waals surface area contributed by atoms with Crippen LogP contribution in [0.2, 0.25) is 0 Å². The van der Waals surface area contributed by atoms with Gasteiger partial charge in [0.2, 0.25) is 5.91 Å². The molecule has 2 aromatic heterocycles. The number of benzene rings is 2. The summed E-state index contributed by atoms with van der Waals surface area (Å²) >= 11 is 6.37. The van der Waals surface area contributed by atoms with Crippen LogP contribution in [0.15, 0.2) is 54.0 Å². The number of alkyl halides is 3. The highest BCUT2D eigenvalue weighted by molar-refractivity contribution is 7.80. The molecule has 0 saturated heterocycles. The lowest BCUT2D eigenvalue weighted by molar-refractivity contribution is -0.135. The highest BCUT2D eigenvalue weighted by Gasteiger charge is 2.26. The Balaban J connectivity index is 1.60. The molecule has 4 aromatic rings. The number of aromatic nitrogens is 2. The molecule has 4 rings (SSSR count). The van der Waals surface area contributed by atoms with E-state index < -0.39 is 12.6 Å². The van der Waals surface area contributed by atoms with Crippen molar-refractivity contribution in [3.05, 3.63) is 70.9 Å². The van der Waals surface area contributed by atoms with E-state index in [4.69, 9.17) is 23.7 Å². The zero-order valence-corrected chi connectivity index (χ0v) is 20.8. The van der Waals surface area contributed by atoms with E-state index >= 15 is 0 Å². The van der Waals surface area contributed by atoms with Crippen molar-refractivity contribution in [1.82, 2.24) is 14.9 Å². The minimum atomic E-state index is -4.21. The number of nitrogens with one attached hydrogen (secondary N) is 1. The van der Waals surface area contributed by atoms with Gasteiger partial charge in [-0.05, 0) is 29.7 Å². The summed E-state index contributed by atoms with van der Waals surface area (Å²) in [5, 5.41) is 5.89. The maximum atomic E-state index is 12.8. The van der Waals surface area contributed by atoms with Gasteiger partial charge in [-0.15, -0.1) is 11.3 Å². The molecule has 0 spiro atoms. The average molecular weight is 532 g/mol. The first-order chi connectivity index (χ1) is 17.1. The number of rotatable bonds is 9. The predicted octanol–water partition coefficient (Wildman–Crippen LogP) is 5.18. The van der Waals surface area contributed by atoms with Gasteiger partial charge < -0.3 is 21.4 Å². The minimum absolute atomic E-state index is 0.0443. The summed E-state index contributed by atoms with van der Waals surface area (Å²) in [6, 6.07) is 13.1. The molecule has 0 saturated carbocycles. The van der Waals surface area contributed by atoms with Crippen molar-refractivity contribution in [3.63, 3.8) is 0 Å². The van der Waals surface area contributed by atoms with Crippen LogP contribution in [0.25, 0.3) is 22.0 Å². The molecule has 0 aliphatic carbocycles. The van der Waals surface area contributed by atoms with Crippen LogP contribution >= 0.6 is 23.6 Å². The Hall–Kier alpha value is -3.44. The van der Waals surface area contributed by atoms with Gasteiger partial charge in [0.05, 0.1) is 12.1 Å². The lowest BCUT2D eigenvalue weighted by atomic mass is 10.0. The summed E-state index contributed by atoms with van der Waals surface area (Å²) in [5.41, 5.74) is 16.1. The third-order valence-corrected chi connectivity index (χ3v) is 6.62. The number of thiocarbonyl (C=S) groups is 1. The molecule has 0 aliphatic heterocycles. The molecular weight excluding hydrogens is 507 g/mol.